The van der Waals surface area contributed by atoms with Gasteiger partial charge in [0.2, 0.25) is 0 Å². The fourth-order valence-corrected chi connectivity index (χ4v) is 14.1. The van der Waals surface area contributed by atoms with E-state index >= 15 is 0 Å². The Balaban J connectivity index is 0.956. The molecule has 0 saturated heterocycles. The summed E-state index contributed by atoms with van der Waals surface area (Å²) in [6, 6.07) is 89.3. The molecule has 0 saturated carbocycles. The second-order valence-electron chi connectivity index (χ2n) is 24.7. The molecule has 4 heterocycles. The first kappa shape index (κ1) is 53.9. The molecule has 1 spiro atoms. The molecule has 0 unspecified atom stereocenters. The summed E-state index contributed by atoms with van der Waals surface area (Å²) in [7, 11) is 0. The van der Waals surface area contributed by atoms with E-state index in [1.807, 2.05) is 12.3 Å². The van der Waals surface area contributed by atoms with Gasteiger partial charge in [-0.2, -0.15) is 0 Å². The number of imidazole rings is 1. The van der Waals surface area contributed by atoms with Crippen LogP contribution in [0.25, 0.3) is 44.7 Å². The average Bonchev–Trinajstić information content (AvgIpc) is 1.39. The molecule has 2 aromatic heterocycles. The van der Waals surface area contributed by atoms with Crippen LogP contribution in [0.5, 0.6) is 11.5 Å². The van der Waals surface area contributed by atoms with Gasteiger partial charge in [-0.05, 0) is 78.8 Å². The van der Waals surface area contributed by atoms with E-state index in [0.717, 1.165) is 93.8 Å². The quantitative estimate of drug-likeness (QED) is 0.142. The van der Waals surface area contributed by atoms with Gasteiger partial charge in [0.05, 0.1) is 0 Å². The fourth-order valence-electron chi connectivity index (χ4n) is 13.0. The number of nitrogens with zero attached hydrogens (tertiary/aromatic N) is 5. The zero-order valence-electron chi connectivity index (χ0n) is 49.4. The van der Waals surface area contributed by atoms with Crippen molar-refractivity contribution in [1.29, 1.82) is 0 Å². The summed E-state index contributed by atoms with van der Waals surface area (Å²) in [5.41, 5.74) is 23.9. The number of fused-ring (bicyclic) bond motifs is 9. The number of hydrogen-bond acceptors (Lipinski definition) is 4. The minimum Gasteiger partial charge on any atom is -0.0618 e. The van der Waals surface area contributed by atoms with Crippen LogP contribution < -0.4 is 14.5 Å². The zero-order chi connectivity index (χ0) is 58.5. The van der Waals surface area contributed by atoms with Crippen molar-refractivity contribution in [3.63, 3.8) is 0 Å². The Bertz CT molecular complexity index is 4540. The third-order valence-corrected chi connectivity index (χ3v) is 18.5. The molecule has 2 aliphatic heterocycles. The van der Waals surface area contributed by atoms with Gasteiger partial charge in [-0.15, -0.1) is 0 Å². The van der Waals surface area contributed by atoms with E-state index in [2.05, 4.69) is 331 Å². The Kier molecular flexibility index (Phi) is 13.1. The van der Waals surface area contributed by atoms with E-state index in [-0.39, 0.29) is 10.8 Å². The SMILES string of the molecule is Cc1cc(N2c3ccccc3C3(c4ccc(Oc5[c-]c(-n6[c](=[Pt])n(-c7c(-c8ccccc8)cc(C(C)(C)C)cc7-c7ccccc7)c7ccccc76)ccc5)[c-]c4N(c4cc(C(C)(C)C)ccn4)c4ccccc43)c3ccccc32)cc(C)c1C. The molecule has 7 heteroatoms. The summed E-state index contributed by atoms with van der Waals surface area (Å²) >= 11 is 2.52. The van der Waals surface area contributed by atoms with Gasteiger partial charge in [-0.3, -0.25) is 0 Å². The number of para-hydroxylation sites is 5. The van der Waals surface area contributed by atoms with Crippen LogP contribution in [0.3, 0.4) is 0 Å². The molecule has 0 radical (unpaired) electrons. The Hall–Kier alpha value is -9.09. The van der Waals surface area contributed by atoms with Crippen molar-refractivity contribution in [1.82, 2.24) is 14.1 Å². The van der Waals surface area contributed by atoms with E-state index < -0.39 is 5.41 Å². The van der Waals surface area contributed by atoms with Gasteiger partial charge in [-0.25, -0.2) is 0 Å². The summed E-state index contributed by atoms with van der Waals surface area (Å²) in [6.07, 6.45) is 1.94. The van der Waals surface area contributed by atoms with Crippen molar-refractivity contribution in [2.24, 2.45) is 0 Å². The van der Waals surface area contributed by atoms with E-state index in [1.165, 1.54) is 38.9 Å². The molecular formula is C78H65N5OPt-2. The van der Waals surface area contributed by atoms with Crippen molar-refractivity contribution in [2.75, 3.05) is 9.80 Å². The van der Waals surface area contributed by atoms with Crippen molar-refractivity contribution in [3.8, 4) is 45.1 Å². The molecule has 0 N–H and O–H groups in total. The third kappa shape index (κ3) is 8.87. The molecule has 0 bridgehead atoms. The topological polar surface area (TPSA) is 38.5 Å². The van der Waals surface area contributed by atoms with Crippen LogP contribution in [0.15, 0.2) is 231 Å². The minimum atomic E-state index is -0.779. The standard InChI is InChI=1S/C78H65N5O.Pt/c1-51-43-59(44-52(2)53(51)3)82-68-34-19-16-31-64(68)78(65-32-17-20-35-69(65)82)66-33-18-21-36-70(66)83(74-47-56(41-42-79-74)76(4,5)6)73-49-61(39-40-67(73)78)84-60-30-24-29-58(48-60)80-50-81(72-38-23-22-37-71(72)80)75-62(54-25-12-10-13-26-54)45-57(77(7,8)9)46-63(75)55-27-14-11-15-28-55;/h10-47H,1-9H3;/q-2;. The summed E-state index contributed by atoms with van der Waals surface area (Å²) < 4.78 is 12.9. The van der Waals surface area contributed by atoms with Crippen molar-refractivity contribution in [3.05, 3.63) is 297 Å². The number of aryl methyl sites for hydroxylation is 2. The summed E-state index contributed by atoms with van der Waals surface area (Å²) in [4.78, 5) is 9.96. The van der Waals surface area contributed by atoms with E-state index in [0.29, 0.717) is 11.5 Å². The van der Waals surface area contributed by atoms with Gasteiger partial charge >= 0.3 is 331 Å². The number of pyridine rings is 1. The molecule has 0 fully saturated rings. The fraction of sp³-hybridized carbons (Fsp3) is 0.154. The molecule has 6 nitrogen and oxygen atoms in total. The Morgan fingerprint density at radius 1 is 0.459 bits per heavy atom. The second kappa shape index (κ2) is 20.6. The molecular weight excluding hydrogens is 1220 g/mol. The maximum atomic E-state index is 7.13. The van der Waals surface area contributed by atoms with Crippen LogP contribution >= 0.6 is 0 Å². The Morgan fingerprint density at radius 2 is 0.965 bits per heavy atom. The molecule has 420 valence electrons. The van der Waals surface area contributed by atoms with Crippen LogP contribution in [0.4, 0.5) is 34.3 Å². The average molecular weight is 1280 g/mol. The number of aromatic nitrogens is 3. The smallest absolute Gasteiger partial charge is 0.0618 e. The van der Waals surface area contributed by atoms with Crippen molar-refractivity contribution in [2.45, 2.75) is 78.6 Å². The zero-order valence-corrected chi connectivity index (χ0v) is 51.7. The minimum absolute atomic E-state index is 0.101. The van der Waals surface area contributed by atoms with Crippen LogP contribution in [0, 0.1) is 36.7 Å². The third-order valence-electron chi connectivity index (χ3n) is 17.5. The molecule has 12 aromatic rings. The molecule has 85 heavy (non-hydrogen) atoms. The van der Waals surface area contributed by atoms with Gasteiger partial charge < -0.3 is 4.90 Å². The molecule has 0 amide bonds. The number of ether oxygens (including phenoxy) is 1. The van der Waals surface area contributed by atoms with Crippen LogP contribution in [0.2, 0.25) is 0 Å². The van der Waals surface area contributed by atoms with Gasteiger partial charge in [0, 0.05) is 23.3 Å². The van der Waals surface area contributed by atoms with E-state index in [9.17, 15) is 0 Å². The number of rotatable bonds is 8. The first-order chi connectivity index (χ1) is 41.1. The molecule has 10 aromatic carbocycles. The number of hydrogen-bond donors (Lipinski definition) is 0. The predicted molar refractivity (Wildman–Crippen MR) is 345 cm³/mol. The second-order valence-corrected chi connectivity index (χ2v) is 25.7. The predicted octanol–water partition coefficient (Wildman–Crippen LogP) is 20.1. The molecule has 14 rings (SSSR count). The monoisotopic (exact) mass is 1280 g/mol. The van der Waals surface area contributed by atoms with Gasteiger partial charge in [0.15, 0.2) is 0 Å². The molecule has 0 aliphatic carbocycles. The van der Waals surface area contributed by atoms with Crippen molar-refractivity contribution < 1.29 is 24.1 Å². The van der Waals surface area contributed by atoms with Gasteiger partial charge in [0.1, 0.15) is 0 Å². The first-order valence-corrected chi connectivity index (χ1v) is 30.4. The Labute approximate surface area is 510 Å². The van der Waals surface area contributed by atoms with Crippen LogP contribution in [-0.2, 0) is 35.6 Å². The van der Waals surface area contributed by atoms with E-state index in [4.69, 9.17) is 9.72 Å². The number of benzene rings is 10. The van der Waals surface area contributed by atoms with Gasteiger partial charge in [-0.1, -0.05) is 75.4 Å². The first-order valence-electron chi connectivity index (χ1n) is 29.3. The molecule has 2 aliphatic rings. The van der Waals surface area contributed by atoms with Crippen LogP contribution in [0.1, 0.15) is 91.6 Å². The summed E-state index contributed by atoms with van der Waals surface area (Å²) in [5, 5.41) is 0. The Morgan fingerprint density at radius 3 is 1.53 bits per heavy atom. The molecule has 0 atom stereocenters. The summed E-state index contributed by atoms with van der Waals surface area (Å²) in [5.74, 6) is 1.94. The number of anilines is 6. The van der Waals surface area contributed by atoms with Crippen LogP contribution in [-0.4, -0.2) is 14.1 Å². The normalized spacial score (nSPS) is 13.4. The van der Waals surface area contributed by atoms with Crippen molar-refractivity contribution >= 4 is 45.3 Å². The summed E-state index contributed by atoms with van der Waals surface area (Å²) in [6.45, 7) is 20.3. The maximum absolute atomic E-state index is 7.13. The van der Waals surface area contributed by atoms with Gasteiger partial charge in [0.25, 0.3) is 0 Å². The van der Waals surface area contributed by atoms with E-state index in [1.54, 1.807) is 0 Å².